The molecular weight excluding hydrogens is 506 g/mol. The van der Waals surface area contributed by atoms with Gasteiger partial charge >= 0.3 is 5.97 Å². The molecule has 3 aromatic heterocycles. The zero-order valence-electron chi connectivity index (χ0n) is 22.4. The van der Waals surface area contributed by atoms with Gasteiger partial charge in [-0.15, -0.1) is 0 Å². The SMILES string of the molecule is COCCOC(=O)[C@H]1CC[C@H](C(C)(O)c2ccc(-c3cc(C)cc(Nc4cc(C(F)F)ccn4)n3)cn2)CC1. The van der Waals surface area contributed by atoms with Crippen LogP contribution in [0.5, 0.6) is 0 Å². The number of rotatable bonds is 10. The number of aliphatic hydroxyl groups is 1. The molecule has 39 heavy (non-hydrogen) atoms. The van der Waals surface area contributed by atoms with Crippen molar-refractivity contribution in [1.29, 1.82) is 0 Å². The van der Waals surface area contributed by atoms with Crippen LogP contribution in [0.1, 0.15) is 55.9 Å². The maximum atomic E-state index is 13.1. The number of carbonyl (C=O) groups excluding carboxylic acids is 1. The Balaban J connectivity index is 1.43. The number of anilines is 2. The Morgan fingerprint density at radius 2 is 1.87 bits per heavy atom. The number of nitrogens with one attached hydrogen (secondary N) is 1. The Bertz CT molecular complexity index is 1260. The van der Waals surface area contributed by atoms with Gasteiger partial charge in [-0.2, -0.15) is 0 Å². The first-order valence-electron chi connectivity index (χ1n) is 13.0. The maximum absolute atomic E-state index is 13.1. The molecule has 3 heterocycles. The lowest BCUT2D eigenvalue weighted by Crippen LogP contribution is -2.37. The van der Waals surface area contributed by atoms with E-state index in [4.69, 9.17) is 9.47 Å². The van der Waals surface area contributed by atoms with Gasteiger partial charge in [0.15, 0.2) is 0 Å². The number of halogens is 2. The largest absolute Gasteiger partial charge is 0.463 e. The molecule has 1 atom stereocenters. The zero-order valence-corrected chi connectivity index (χ0v) is 22.4. The molecule has 0 amide bonds. The van der Waals surface area contributed by atoms with E-state index < -0.39 is 12.0 Å². The van der Waals surface area contributed by atoms with Crippen LogP contribution in [0, 0.1) is 18.8 Å². The van der Waals surface area contributed by atoms with Gasteiger partial charge in [0.25, 0.3) is 6.43 Å². The highest BCUT2D eigenvalue weighted by Gasteiger charge is 2.39. The lowest BCUT2D eigenvalue weighted by molar-refractivity contribution is -0.152. The quantitative estimate of drug-likeness (QED) is 0.248. The van der Waals surface area contributed by atoms with Crippen molar-refractivity contribution in [2.24, 2.45) is 11.8 Å². The summed E-state index contributed by atoms with van der Waals surface area (Å²) in [6.45, 7) is 4.30. The molecule has 208 valence electrons. The normalized spacial score (nSPS) is 18.9. The molecule has 3 aromatic rings. The van der Waals surface area contributed by atoms with Crippen molar-refractivity contribution in [2.45, 2.75) is 51.6 Å². The van der Waals surface area contributed by atoms with Crippen LogP contribution in [0.4, 0.5) is 20.4 Å². The Kier molecular flexibility index (Phi) is 9.19. The number of aromatic nitrogens is 3. The third-order valence-corrected chi connectivity index (χ3v) is 7.23. The van der Waals surface area contributed by atoms with Crippen molar-refractivity contribution in [3.05, 3.63) is 65.6 Å². The maximum Gasteiger partial charge on any atom is 0.309 e. The molecular formula is C29H34F2N4O4. The molecule has 0 aliphatic heterocycles. The van der Waals surface area contributed by atoms with E-state index in [9.17, 15) is 18.7 Å². The molecule has 1 aliphatic carbocycles. The summed E-state index contributed by atoms with van der Waals surface area (Å²) < 4.78 is 36.3. The van der Waals surface area contributed by atoms with Crippen molar-refractivity contribution in [1.82, 2.24) is 15.0 Å². The highest BCUT2D eigenvalue weighted by atomic mass is 19.3. The predicted octanol–water partition coefficient (Wildman–Crippen LogP) is 5.73. The molecule has 10 heteroatoms. The molecule has 8 nitrogen and oxygen atoms in total. The lowest BCUT2D eigenvalue weighted by atomic mass is 9.73. The fourth-order valence-electron chi connectivity index (χ4n) is 4.95. The van der Waals surface area contributed by atoms with Crippen LogP contribution in [0.15, 0.2) is 48.8 Å². The number of hydrogen-bond acceptors (Lipinski definition) is 8. The number of methoxy groups -OCH3 is 1. The molecule has 0 bridgehead atoms. The van der Waals surface area contributed by atoms with Crippen molar-refractivity contribution < 1.29 is 28.2 Å². The van der Waals surface area contributed by atoms with Crippen molar-refractivity contribution in [2.75, 3.05) is 25.6 Å². The molecule has 0 aromatic carbocycles. The number of nitrogens with zero attached hydrogens (tertiary/aromatic N) is 3. The summed E-state index contributed by atoms with van der Waals surface area (Å²) >= 11 is 0. The molecule has 0 saturated heterocycles. The first kappa shape index (κ1) is 28.5. The summed E-state index contributed by atoms with van der Waals surface area (Å²) in [5.41, 5.74) is 1.59. The third-order valence-electron chi connectivity index (χ3n) is 7.23. The predicted molar refractivity (Wildman–Crippen MR) is 143 cm³/mol. The van der Waals surface area contributed by atoms with E-state index in [2.05, 4.69) is 20.3 Å². The van der Waals surface area contributed by atoms with Gasteiger partial charge in [-0.25, -0.2) is 18.7 Å². The monoisotopic (exact) mass is 540 g/mol. The van der Waals surface area contributed by atoms with Crippen molar-refractivity contribution >= 4 is 17.6 Å². The van der Waals surface area contributed by atoms with E-state index in [1.807, 2.05) is 19.1 Å². The number of alkyl halides is 2. The Hall–Kier alpha value is -3.50. The fraction of sp³-hybridized carbons (Fsp3) is 0.448. The van der Waals surface area contributed by atoms with E-state index in [1.54, 1.807) is 32.4 Å². The minimum absolute atomic E-state index is 0.0386. The van der Waals surface area contributed by atoms with Crippen LogP contribution >= 0.6 is 0 Å². The smallest absolute Gasteiger partial charge is 0.309 e. The summed E-state index contributed by atoms with van der Waals surface area (Å²) in [6, 6.07) is 9.93. The second kappa shape index (κ2) is 12.6. The Morgan fingerprint density at radius 1 is 1.10 bits per heavy atom. The lowest BCUT2D eigenvalue weighted by Gasteiger charge is -2.37. The minimum Gasteiger partial charge on any atom is -0.463 e. The van der Waals surface area contributed by atoms with E-state index in [0.717, 1.165) is 11.1 Å². The summed E-state index contributed by atoms with van der Waals surface area (Å²) in [5, 5.41) is 14.4. The molecule has 1 fully saturated rings. The Morgan fingerprint density at radius 3 is 2.54 bits per heavy atom. The van der Waals surface area contributed by atoms with Gasteiger partial charge in [0, 0.05) is 30.6 Å². The van der Waals surface area contributed by atoms with E-state index >= 15 is 0 Å². The summed E-state index contributed by atoms with van der Waals surface area (Å²) in [4.78, 5) is 25.6. The molecule has 1 aliphatic rings. The topological polar surface area (TPSA) is 106 Å². The van der Waals surface area contributed by atoms with Crippen LogP contribution in [-0.4, -0.2) is 46.4 Å². The summed E-state index contributed by atoms with van der Waals surface area (Å²) in [6.07, 6.45) is 3.10. The highest BCUT2D eigenvalue weighted by molar-refractivity contribution is 5.72. The van der Waals surface area contributed by atoms with Crippen LogP contribution in [0.3, 0.4) is 0 Å². The van der Waals surface area contributed by atoms with Gasteiger partial charge in [-0.1, -0.05) is 0 Å². The van der Waals surface area contributed by atoms with Gasteiger partial charge < -0.3 is 19.9 Å². The second-order valence-electron chi connectivity index (χ2n) is 10.1. The number of esters is 1. The van der Waals surface area contributed by atoms with Gasteiger partial charge in [0.05, 0.1) is 23.9 Å². The molecule has 0 radical (unpaired) electrons. The van der Waals surface area contributed by atoms with Crippen LogP contribution in [0.25, 0.3) is 11.3 Å². The van der Waals surface area contributed by atoms with Gasteiger partial charge in [0.1, 0.15) is 23.8 Å². The molecule has 4 rings (SSSR count). The molecule has 0 spiro atoms. The third kappa shape index (κ3) is 7.13. The average molecular weight is 541 g/mol. The van der Waals surface area contributed by atoms with Gasteiger partial charge in [0.2, 0.25) is 0 Å². The molecule has 1 unspecified atom stereocenters. The van der Waals surface area contributed by atoms with Crippen molar-refractivity contribution in [3.63, 3.8) is 0 Å². The Labute approximate surface area is 226 Å². The molecule has 2 N–H and O–H groups in total. The number of carbonyl (C=O) groups is 1. The number of pyridine rings is 3. The van der Waals surface area contributed by atoms with Gasteiger partial charge in [-0.3, -0.25) is 9.78 Å². The van der Waals surface area contributed by atoms with Crippen LogP contribution < -0.4 is 5.32 Å². The van der Waals surface area contributed by atoms with E-state index in [-0.39, 0.29) is 35.8 Å². The summed E-state index contributed by atoms with van der Waals surface area (Å²) in [7, 11) is 1.56. The number of aryl methyl sites for hydroxylation is 1. The van der Waals surface area contributed by atoms with Gasteiger partial charge in [-0.05, 0) is 87.4 Å². The van der Waals surface area contributed by atoms with Crippen LogP contribution in [0.2, 0.25) is 0 Å². The number of hydrogen-bond donors (Lipinski definition) is 2. The standard InChI is InChI=1S/C29H34F2N4O4/c1-18-14-23(34-26(15-18)35-25-16-20(27(30)31)10-11-32-25)21-6-9-24(33-17-21)29(2,37)22-7-4-19(5-8-22)28(36)39-13-12-38-3/h6,9-11,14-17,19,22,27,37H,4-5,7-8,12-13H2,1-3H3,(H,32,34,35)/t19-,22-,29?. The van der Waals surface area contributed by atoms with E-state index in [0.29, 0.717) is 49.5 Å². The number of ether oxygens (including phenoxy) is 2. The first-order valence-corrected chi connectivity index (χ1v) is 13.0. The van der Waals surface area contributed by atoms with Crippen LogP contribution in [-0.2, 0) is 19.9 Å². The first-order chi connectivity index (χ1) is 18.7. The average Bonchev–Trinajstić information content (AvgIpc) is 2.93. The van der Waals surface area contributed by atoms with Crippen molar-refractivity contribution in [3.8, 4) is 11.3 Å². The fourth-order valence-corrected chi connectivity index (χ4v) is 4.95. The molecule has 1 saturated carbocycles. The van der Waals surface area contributed by atoms with E-state index in [1.165, 1.54) is 18.3 Å². The second-order valence-corrected chi connectivity index (χ2v) is 10.1. The minimum atomic E-state index is -2.59. The zero-order chi connectivity index (χ0) is 28.0. The summed E-state index contributed by atoms with van der Waals surface area (Å²) in [5.74, 6) is 0.345. The highest BCUT2D eigenvalue weighted by Crippen LogP contribution is 2.41.